The number of carbonyl (C=O) groups excluding carboxylic acids is 2. The van der Waals surface area contributed by atoms with Gasteiger partial charge in [-0.1, -0.05) is 53.5 Å². The summed E-state index contributed by atoms with van der Waals surface area (Å²) in [6.07, 6.45) is 4.39. The highest BCUT2D eigenvalue weighted by Gasteiger charge is 2.47. The summed E-state index contributed by atoms with van der Waals surface area (Å²) in [7, 11) is 1.57. The molecule has 0 radical (unpaired) electrons. The predicted octanol–water partition coefficient (Wildman–Crippen LogP) is 5.84. The van der Waals surface area contributed by atoms with Crippen LogP contribution in [-0.2, 0) is 22.7 Å². The maximum Gasteiger partial charge on any atom is 0.220 e. The van der Waals surface area contributed by atoms with E-state index in [1.807, 2.05) is 30.3 Å². The lowest BCUT2D eigenvalue weighted by Gasteiger charge is -2.48. The molecule has 0 bridgehead atoms. The Morgan fingerprint density at radius 2 is 1.80 bits per heavy atom. The molecule has 2 aromatic heterocycles. The SMILES string of the molecule is COc1nc(-c2ccnc(-c3cccc(Nc4cccc(CN5CC6(CCC(=O)N6)C5)c4F)c3Cl)c2Cl)ccc1CNC[C@@H]1CCC(=O)N1. The van der Waals surface area contributed by atoms with Gasteiger partial charge < -0.3 is 26.0 Å². The summed E-state index contributed by atoms with van der Waals surface area (Å²) < 4.78 is 21.4. The lowest BCUT2D eigenvalue weighted by molar-refractivity contribution is -0.121. The first kappa shape index (κ1) is 33.2. The Morgan fingerprint density at radius 3 is 2.55 bits per heavy atom. The Morgan fingerprint density at radius 1 is 0.980 bits per heavy atom. The molecule has 3 fully saturated rings. The summed E-state index contributed by atoms with van der Waals surface area (Å²) in [6.45, 7) is 3.04. The average Bonchev–Trinajstić information content (AvgIpc) is 3.69. The summed E-state index contributed by atoms with van der Waals surface area (Å²) in [5, 5.41) is 13.3. The monoisotopic (exact) mass is 703 g/mol. The molecule has 5 heterocycles. The molecule has 254 valence electrons. The number of methoxy groups -OCH3 is 1. The van der Waals surface area contributed by atoms with E-state index in [1.165, 1.54) is 0 Å². The summed E-state index contributed by atoms with van der Waals surface area (Å²) in [5.41, 5.74) is 4.35. The molecule has 0 unspecified atom stereocenters. The van der Waals surface area contributed by atoms with Crippen LogP contribution in [-0.4, -0.2) is 65.0 Å². The lowest BCUT2D eigenvalue weighted by atomic mass is 9.88. The second kappa shape index (κ2) is 13.9. The zero-order valence-electron chi connectivity index (χ0n) is 26.9. The van der Waals surface area contributed by atoms with Gasteiger partial charge in [-0.25, -0.2) is 9.37 Å². The molecule has 2 aromatic carbocycles. The van der Waals surface area contributed by atoms with Crippen molar-refractivity contribution < 1.29 is 18.7 Å². The van der Waals surface area contributed by atoms with Crippen molar-refractivity contribution in [3.8, 4) is 28.4 Å². The minimum Gasteiger partial charge on any atom is -0.481 e. The van der Waals surface area contributed by atoms with Crippen LogP contribution in [0, 0.1) is 5.82 Å². The fourth-order valence-corrected chi connectivity index (χ4v) is 7.47. The quantitative estimate of drug-likeness (QED) is 0.154. The Bertz CT molecular complexity index is 1920. The third kappa shape index (κ3) is 6.94. The number of nitrogens with one attached hydrogen (secondary N) is 4. The zero-order valence-corrected chi connectivity index (χ0v) is 28.4. The lowest BCUT2D eigenvalue weighted by Crippen LogP contribution is -2.66. The largest absolute Gasteiger partial charge is 0.481 e. The van der Waals surface area contributed by atoms with Crippen LogP contribution in [0.4, 0.5) is 15.8 Å². The van der Waals surface area contributed by atoms with Gasteiger partial charge in [-0.3, -0.25) is 19.5 Å². The van der Waals surface area contributed by atoms with Crippen LogP contribution in [0.3, 0.4) is 0 Å². The summed E-state index contributed by atoms with van der Waals surface area (Å²) in [5.74, 6) is 0.273. The molecule has 3 aliphatic heterocycles. The minimum atomic E-state index is -0.359. The molecular weight excluding hydrogens is 668 g/mol. The van der Waals surface area contributed by atoms with E-state index >= 15 is 4.39 Å². The topological polar surface area (TPSA) is 121 Å². The molecule has 3 aliphatic rings. The van der Waals surface area contributed by atoms with E-state index in [0.29, 0.717) is 101 Å². The number of halogens is 3. The molecule has 1 atom stereocenters. The van der Waals surface area contributed by atoms with Gasteiger partial charge in [0.2, 0.25) is 17.7 Å². The first-order chi connectivity index (χ1) is 23.7. The van der Waals surface area contributed by atoms with Gasteiger partial charge in [-0.15, -0.1) is 0 Å². The van der Waals surface area contributed by atoms with Crippen LogP contribution in [0.2, 0.25) is 10.0 Å². The molecule has 7 rings (SSSR count). The van der Waals surface area contributed by atoms with Crippen molar-refractivity contribution in [3.05, 3.63) is 87.8 Å². The van der Waals surface area contributed by atoms with E-state index in [2.05, 4.69) is 31.2 Å². The summed E-state index contributed by atoms with van der Waals surface area (Å²) in [4.78, 5) is 34.6. The molecule has 0 aliphatic carbocycles. The zero-order chi connectivity index (χ0) is 34.1. The smallest absolute Gasteiger partial charge is 0.220 e. The number of likely N-dealkylation sites (tertiary alicyclic amines) is 1. The van der Waals surface area contributed by atoms with Crippen molar-refractivity contribution in [1.82, 2.24) is 30.8 Å². The van der Waals surface area contributed by atoms with Crippen molar-refractivity contribution >= 4 is 46.4 Å². The number of anilines is 2. The number of hydrogen-bond acceptors (Lipinski definition) is 8. The first-order valence-corrected chi connectivity index (χ1v) is 17.0. The van der Waals surface area contributed by atoms with Crippen molar-refractivity contribution in [3.63, 3.8) is 0 Å². The van der Waals surface area contributed by atoms with Gasteiger partial charge in [-0.05, 0) is 37.1 Å². The molecule has 13 heteroatoms. The molecule has 2 amide bonds. The molecule has 10 nitrogen and oxygen atoms in total. The Kier molecular flexibility index (Phi) is 9.43. The van der Waals surface area contributed by atoms with Crippen molar-refractivity contribution in [2.75, 3.05) is 32.1 Å². The third-order valence-corrected chi connectivity index (χ3v) is 10.2. The predicted molar refractivity (Wildman–Crippen MR) is 187 cm³/mol. The highest BCUT2D eigenvalue weighted by molar-refractivity contribution is 6.39. The second-order valence-electron chi connectivity index (χ2n) is 12.9. The number of carbonyl (C=O) groups is 2. The molecule has 3 saturated heterocycles. The van der Waals surface area contributed by atoms with Crippen molar-refractivity contribution in [1.29, 1.82) is 0 Å². The van der Waals surface area contributed by atoms with Gasteiger partial charge in [0, 0.05) is 80.1 Å². The van der Waals surface area contributed by atoms with E-state index in [0.717, 1.165) is 18.4 Å². The van der Waals surface area contributed by atoms with Gasteiger partial charge in [0.05, 0.1) is 45.5 Å². The molecule has 1 spiro atoms. The summed E-state index contributed by atoms with van der Waals surface area (Å²) in [6, 6.07) is 16.4. The Balaban J connectivity index is 1.07. The minimum absolute atomic E-state index is 0.0848. The number of aromatic nitrogens is 2. The number of nitrogens with zero attached hydrogens (tertiary/aromatic N) is 3. The first-order valence-electron chi connectivity index (χ1n) is 16.3. The van der Waals surface area contributed by atoms with Crippen LogP contribution < -0.4 is 26.0 Å². The van der Waals surface area contributed by atoms with Gasteiger partial charge in [0.1, 0.15) is 0 Å². The molecular formula is C36H36Cl2FN7O3. The third-order valence-electron chi connectivity index (χ3n) is 9.37. The standard InChI is InChI=1S/C36H36Cl2FN7O3/c1-49-35-21(16-40-17-23-9-11-29(47)42-23)8-10-26(44-35)24-13-15-41-34(32(24)38)25-5-3-6-27(31(25)37)43-28-7-2-4-22(33(28)39)18-46-19-36(20-46)14-12-30(48)45-36/h2-8,10,13,15,23,40,43H,9,11-12,14,16-20H2,1H3,(H,42,47)(H,45,48)/t23-/m0/s1. The van der Waals surface area contributed by atoms with E-state index in [-0.39, 0.29) is 29.2 Å². The highest BCUT2D eigenvalue weighted by atomic mass is 35.5. The maximum atomic E-state index is 15.7. The summed E-state index contributed by atoms with van der Waals surface area (Å²) >= 11 is 13.9. The molecule has 0 saturated carbocycles. The number of ether oxygens (including phenoxy) is 1. The van der Waals surface area contributed by atoms with E-state index in [9.17, 15) is 9.59 Å². The van der Waals surface area contributed by atoms with Crippen LogP contribution in [0.15, 0.2) is 60.8 Å². The van der Waals surface area contributed by atoms with E-state index < -0.39 is 0 Å². The molecule has 4 N–H and O–H groups in total. The van der Waals surface area contributed by atoms with E-state index in [1.54, 1.807) is 37.6 Å². The number of amides is 2. The van der Waals surface area contributed by atoms with Crippen LogP contribution in [0.1, 0.15) is 36.8 Å². The van der Waals surface area contributed by atoms with Gasteiger partial charge >= 0.3 is 0 Å². The maximum absolute atomic E-state index is 15.7. The number of rotatable bonds is 11. The van der Waals surface area contributed by atoms with Crippen molar-refractivity contribution in [2.24, 2.45) is 0 Å². The Hall–Kier alpha value is -4.29. The van der Waals surface area contributed by atoms with Gasteiger partial charge in [0.25, 0.3) is 0 Å². The van der Waals surface area contributed by atoms with Crippen LogP contribution in [0.5, 0.6) is 5.88 Å². The van der Waals surface area contributed by atoms with Crippen LogP contribution >= 0.6 is 23.2 Å². The van der Waals surface area contributed by atoms with E-state index in [4.69, 9.17) is 32.9 Å². The fourth-order valence-electron chi connectivity index (χ4n) is 6.90. The molecule has 49 heavy (non-hydrogen) atoms. The van der Waals surface area contributed by atoms with Gasteiger partial charge in [0.15, 0.2) is 5.82 Å². The normalized spacial score (nSPS) is 18.3. The second-order valence-corrected chi connectivity index (χ2v) is 13.6. The Labute approximate surface area is 293 Å². The number of hydrogen-bond donors (Lipinski definition) is 4. The molecule has 4 aromatic rings. The highest BCUT2D eigenvalue weighted by Crippen LogP contribution is 2.41. The van der Waals surface area contributed by atoms with Crippen LogP contribution in [0.25, 0.3) is 22.5 Å². The number of benzene rings is 2. The van der Waals surface area contributed by atoms with Gasteiger partial charge in [-0.2, -0.15) is 0 Å². The number of pyridine rings is 2. The van der Waals surface area contributed by atoms with Crippen molar-refractivity contribution in [2.45, 2.75) is 50.4 Å². The fraction of sp³-hybridized carbons (Fsp3) is 0.333. The average molecular weight is 705 g/mol.